The minimum absolute atomic E-state index is 0.225. The van der Waals surface area contributed by atoms with E-state index in [0.717, 1.165) is 12.2 Å². The zero-order valence-electron chi connectivity index (χ0n) is 16.0. The average Bonchev–Trinajstić information content (AvgIpc) is 2.74. The van der Waals surface area contributed by atoms with Crippen molar-refractivity contribution in [1.82, 2.24) is 0 Å². The van der Waals surface area contributed by atoms with Crippen molar-refractivity contribution in [3.63, 3.8) is 0 Å². The molecule has 0 spiro atoms. The topological polar surface area (TPSA) is 56.8 Å². The third kappa shape index (κ3) is 5.04. The van der Waals surface area contributed by atoms with E-state index >= 15 is 0 Å². The molecule has 0 aliphatic heterocycles. The van der Waals surface area contributed by atoms with Crippen LogP contribution in [0.25, 0.3) is 0 Å². The highest BCUT2D eigenvalue weighted by Crippen LogP contribution is 2.29. The SMILES string of the molecule is CCCOc1ccc(C(=O)Nc2ccc(Oc3ccccc3)cc2)cc1OC. The lowest BCUT2D eigenvalue weighted by atomic mass is 10.1. The molecular weight excluding hydrogens is 354 g/mol. The molecule has 3 rings (SSSR count). The van der Waals surface area contributed by atoms with Crippen LogP contribution in [0.15, 0.2) is 72.8 Å². The van der Waals surface area contributed by atoms with Gasteiger partial charge in [0.15, 0.2) is 11.5 Å². The van der Waals surface area contributed by atoms with Crippen LogP contribution < -0.4 is 19.5 Å². The summed E-state index contributed by atoms with van der Waals surface area (Å²) in [6.45, 7) is 2.63. The number of rotatable bonds is 8. The van der Waals surface area contributed by atoms with Gasteiger partial charge < -0.3 is 19.5 Å². The first-order chi connectivity index (χ1) is 13.7. The number of carbonyl (C=O) groups is 1. The number of para-hydroxylation sites is 1. The van der Waals surface area contributed by atoms with E-state index in [1.807, 2.05) is 49.4 Å². The normalized spacial score (nSPS) is 10.2. The predicted molar refractivity (Wildman–Crippen MR) is 110 cm³/mol. The highest BCUT2D eigenvalue weighted by Gasteiger charge is 2.11. The van der Waals surface area contributed by atoms with Gasteiger partial charge >= 0.3 is 0 Å². The number of nitrogens with one attached hydrogen (secondary N) is 1. The molecule has 0 heterocycles. The Balaban J connectivity index is 1.65. The Morgan fingerprint density at radius 2 is 1.61 bits per heavy atom. The summed E-state index contributed by atoms with van der Waals surface area (Å²) < 4.78 is 16.7. The van der Waals surface area contributed by atoms with Crippen LogP contribution >= 0.6 is 0 Å². The zero-order chi connectivity index (χ0) is 19.8. The van der Waals surface area contributed by atoms with Gasteiger partial charge in [0.25, 0.3) is 5.91 Å². The van der Waals surface area contributed by atoms with Crippen molar-refractivity contribution in [2.45, 2.75) is 13.3 Å². The summed E-state index contributed by atoms with van der Waals surface area (Å²) in [4.78, 5) is 12.5. The molecule has 3 aromatic rings. The first kappa shape index (κ1) is 19.3. The summed E-state index contributed by atoms with van der Waals surface area (Å²) in [7, 11) is 1.56. The van der Waals surface area contributed by atoms with Gasteiger partial charge in [-0.05, 0) is 61.0 Å². The molecular formula is C23H23NO4. The molecule has 1 amide bonds. The standard InChI is InChI=1S/C23H23NO4/c1-3-15-27-21-14-9-17(16-22(21)26-2)23(25)24-18-10-12-20(13-11-18)28-19-7-5-4-6-8-19/h4-14,16H,3,15H2,1-2H3,(H,24,25). The largest absolute Gasteiger partial charge is 0.493 e. The number of benzene rings is 3. The molecule has 0 saturated heterocycles. The monoisotopic (exact) mass is 377 g/mol. The Hall–Kier alpha value is -3.47. The van der Waals surface area contributed by atoms with Gasteiger partial charge in [-0.3, -0.25) is 4.79 Å². The summed E-state index contributed by atoms with van der Waals surface area (Å²) in [5.41, 5.74) is 1.17. The smallest absolute Gasteiger partial charge is 0.255 e. The molecule has 144 valence electrons. The number of ether oxygens (including phenoxy) is 3. The third-order valence-electron chi connectivity index (χ3n) is 3.98. The van der Waals surface area contributed by atoms with E-state index in [1.165, 1.54) is 0 Å². The molecule has 0 unspecified atom stereocenters. The van der Waals surface area contributed by atoms with Gasteiger partial charge in [-0.15, -0.1) is 0 Å². The number of amides is 1. The van der Waals surface area contributed by atoms with E-state index in [2.05, 4.69) is 5.32 Å². The molecule has 0 bridgehead atoms. The van der Waals surface area contributed by atoms with E-state index in [1.54, 1.807) is 37.4 Å². The second kappa shape index (κ2) is 9.46. The van der Waals surface area contributed by atoms with E-state index in [0.29, 0.717) is 35.1 Å². The van der Waals surface area contributed by atoms with E-state index in [-0.39, 0.29) is 5.91 Å². The van der Waals surface area contributed by atoms with Gasteiger partial charge in [0, 0.05) is 11.3 Å². The molecule has 0 aliphatic rings. The second-order valence-corrected chi connectivity index (χ2v) is 6.11. The van der Waals surface area contributed by atoms with Crippen LogP contribution in [-0.4, -0.2) is 19.6 Å². The molecule has 28 heavy (non-hydrogen) atoms. The zero-order valence-corrected chi connectivity index (χ0v) is 16.0. The highest BCUT2D eigenvalue weighted by molar-refractivity contribution is 6.04. The molecule has 3 aromatic carbocycles. The van der Waals surface area contributed by atoms with Gasteiger partial charge in [0.05, 0.1) is 13.7 Å². The van der Waals surface area contributed by atoms with Crippen LogP contribution in [0, 0.1) is 0 Å². The van der Waals surface area contributed by atoms with Crippen molar-refractivity contribution in [3.05, 3.63) is 78.4 Å². The molecule has 0 aromatic heterocycles. The molecule has 1 N–H and O–H groups in total. The molecule has 0 atom stereocenters. The summed E-state index contributed by atoms with van der Waals surface area (Å²) in [6.07, 6.45) is 0.898. The van der Waals surface area contributed by atoms with Crippen molar-refractivity contribution >= 4 is 11.6 Å². The Bertz CT molecular complexity index is 908. The van der Waals surface area contributed by atoms with Gasteiger partial charge in [0.1, 0.15) is 11.5 Å². The van der Waals surface area contributed by atoms with Gasteiger partial charge in [-0.1, -0.05) is 25.1 Å². The molecule has 0 aliphatic carbocycles. The Morgan fingerprint density at radius 3 is 2.29 bits per heavy atom. The molecule has 0 radical (unpaired) electrons. The fourth-order valence-electron chi connectivity index (χ4n) is 2.57. The van der Waals surface area contributed by atoms with Crippen LogP contribution in [0.2, 0.25) is 0 Å². The lowest BCUT2D eigenvalue weighted by Crippen LogP contribution is -2.12. The fraction of sp³-hybridized carbons (Fsp3) is 0.174. The first-order valence-electron chi connectivity index (χ1n) is 9.14. The van der Waals surface area contributed by atoms with Gasteiger partial charge in [-0.25, -0.2) is 0 Å². The maximum Gasteiger partial charge on any atom is 0.255 e. The van der Waals surface area contributed by atoms with Crippen molar-refractivity contribution in [2.75, 3.05) is 19.0 Å². The number of hydrogen-bond acceptors (Lipinski definition) is 4. The van der Waals surface area contributed by atoms with Crippen LogP contribution in [0.1, 0.15) is 23.7 Å². The average molecular weight is 377 g/mol. The van der Waals surface area contributed by atoms with Crippen molar-refractivity contribution in [1.29, 1.82) is 0 Å². The molecule has 5 heteroatoms. The highest BCUT2D eigenvalue weighted by atomic mass is 16.5. The van der Waals surface area contributed by atoms with E-state index in [9.17, 15) is 4.79 Å². The van der Waals surface area contributed by atoms with Crippen molar-refractivity contribution in [2.24, 2.45) is 0 Å². The van der Waals surface area contributed by atoms with Crippen molar-refractivity contribution < 1.29 is 19.0 Å². The number of anilines is 1. The minimum atomic E-state index is -0.225. The lowest BCUT2D eigenvalue weighted by Gasteiger charge is -2.12. The van der Waals surface area contributed by atoms with Crippen LogP contribution in [-0.2, 0) is 0 Å². The number of methoxy groups -OCH3 is 1. The molecule has 5 nitrogen and oxygen atoms in total. The second-order valence-electron chi connectivity index (χ2n) is 6.11. The van der Waals surface area contributed by atoms with Crippen LogP contribution in [0.4, 0.5) is 5.69 Å². The van der Waals surface area contributed by atoms with Gasteiger partial charge in [-0.2, -0.15) is 0 Å². The molecule has 0 fully saturated rings. The first-order valence-corrected chi connectivity index (χ1v) is 9.14. The maximum absolute atomic E-state index is 12.5. The van der Waals surface area contributed by atoms with Crippen molar-refractivity contribution in [3.8, 4) is 23.0 Å². The number of carbonyl (C=O) groups excluding carboxylic acids is 1. The van der Waals surface area contributed by atoms with E-state index < -0.39 is 0 Å². The summed E-state index contributed by atoms with van der Waals surface area (Å²) in [5, 5.41) is 2.87. The summed E-state index contributed by atoms with van der Waals surface area (Å²) >= 11 is 0. The Kier molecular flexibility index (Phi) is 6.52. The minimum Gasteiger partial charge on any atom is -0.493 e. The number of hydrogen-bond donors (Lipinski definition) is 1. The Morgan fingerprint density at radius 1 is 0.893 bits per heavy atom. The quantitative estimate of drug-likeness (QED) is 0.561. The van der Waals surface area contributed by atoms with Crippen LogP contribution in [0.3, 0.4) is 0 Å². The van der Waals surface area contributed by atoms with Crippen LogP contribution in [0.5, 0.6) is 23.0 Å². The predicted octanol–water partition coefficient (Wildman–Crippen LogP) is 5.53. The summed E-state index contributed by atoms with van der Waals surface area (Å²) in [5.74, 6) is 2.40. The lowest BCUT2D eigenvalue weighted by molar-refractivity contribution is 0.102. The Labute approximate surface area is 164 Å². The summed E-state index contributed by atoms with van der Waals surface area (Å²) in [6, 6.07) is 21.9. The van der Waals surface area contributed by atoms with E-state index in [4.69, 9.17) is 14.2 Å². The van der Waals surface area contributed by atoms with Gasteiger partial charge in [0.2, 0.25) is 0 Å². The fourth-order valence-corrected chi connectivity index (χ4v) is 2.57. The third-order valence-corrected chi connectivity index (χ3v) is 3.98. The molecule has 0 saturated carbocycles. The maximum atomic E-state index is 12.5.